The molecule has 0 aromatic heterocycles. The average Bonchev–Trinajstić information content (AvgIpc) is 2.60. The van der Waals surface area contributed by atoms with Crippen molar-refractivity contribution in [2.24, 2.45) is 11.3 Å². The third-order valence-corrected chi connectivity index (χ3v) is 5.65. The summed E-state index contributed by atoms with van der Waals surface area (Å²) < 4.78 is 0. The van der Waals surface area contributed by atoms with Gasteiger partial charge < -0.3 is 5.11 Å². The zero-order valence-electron chi connectivity index (χ0n) is 14.0. The molecule has 0 spiro atoms. The predicted molar refractivity (Wildman–Crippen MR) is 98.6 cm³/mol. The monoisotopic (exact) mass is 306 g/mol. The van der Waals surface area contributed by atoms with Crippen LogP contribution in [0.4, 0.5) is 0 Å². The van der Waals surface area contributed by atoms with Crippen molar-refractivity contribution >= 4 is 10.8 Å². The van der Waals surface area contributed by atoms with Crippen LogP contribution >= 0.6 is 0 Å². The van der Waals surface area contributed by atoms with Gasteiger partial charge in [0.25, 0.3) is 0 Å². The van der Waals surface area contributed by atoms with E-state index in [9.17, 15) is 5.11 Å². The van der Waals surface area contributed by atoms with Crippen LogP contribution in [0, 0.1) is 11.3 Å². The zero-order valence-corrected chi connectivity index (χ0v) is 14.0. The fourth-order valence-corrected chi connectivity index (χ4v) is 4.10. The summed E-state index contributed by atoms with van der Waals surface area (Å²) in [5.41, 5.74) is 2.46. The Kier molecular flexibility index (Phi) is 4.41. The Morgan fingerprint density at radius 1 is 1.26 bits per heavy atom. The lowest BCUT2D eigenvalue weighted by molar-refractivity contribution is 0.100. The van der Waals surface area contributed by atoms with Gasteiger partial charge in [0.1, 0.15) is 0 Å². The van der Waals surface area contributed by atoms with Crippen LogP contribution in [-0.4, -0.2) is 11.7 Å². The maximum Gasteiger partial charge on any atom is 0.0522 e. The van der Waals surface area contributed by atoms with Crippen molar-refractivity contribution in [3.63, 3.8) is 0 Å². The van der Waals surface area contributed by atoms with Gasteiger partial charge >= 0.3 is 0 Å². The molecule has 120 valence electrons. The molecule has 0 aliphatic heterocycles. The second-order valence-corrected chi connectivity index (χ2v) is 7.13. The molecule has 0 heterocycles. The van der Waals surface area contributed by atoms with Crippen LogP contribution in [0.2, 0.25) is 0 Å². The van der Waals surface area contributed by atoms with Crippen molar-refractivity contribution in [2.75, 3.05) is 6.61 Å². The lowest BCUT2D eigenvalue weighted by Gasteiger charge is -2.43. The lowest BCUT2D eigenvalue weighted by atomic mass is 9.62. The Morgan fingerprint density at radius 2 is 2.00 bits per heavy atom. The molecule has 1 nitrogen and oxygen atoms in total. The number of rotatable bonds is 4. The van der Waals surface area contributed by atoms with Crippen LogP contribution in [-0.2, 0) is 0 Å². The topological polar surface area (TPSA) is 20.2 Å². The smallest absolute Gasteiger partial charge is 0.0522 e. The van der Waals surface area contributed by atoms with Gasteiger partial charge in [0.2, 0.25) is 0 Å². The minimum Gasteiger partial charge on any atom is -0.395 e. The maximum absolute atomic E-state index is 9.91. The summed E-state index contributed by atoms with van der Waals surface area (Å²) in [7, 11) is 0. The summed E-state index contributed by atoms with van der Waals surface area (Å²) >= 11 is 0. The van der Waals surface area contributed by atoms with E-state index >= 15 is 0 Å². The number of hydrogen-bond donors (Lipinski definition) is 1. The molecule has 2 aromatic carbocycles. The normalized spacial score (nSPS) is 27.7. The van der Waals surface area contributed by atoms with Crippen LogP contribution in [0.1, 0.15) is 37.7 Å². The average molecular weight is 306 g/mol. The summed E-state index contributed by atoms with van der Waals surface area (Å²) in [6.07, 6.45) is 4.98. The molecule has 1 heteroatoms. The van der Waals surface area contributed by atoms with E-state index in [4.69, 9.17) is 0 Å². The molecule has 1 aliphatic rings. The Labute approximate surface area is 139 Å². The number of aliphatic hydroxyl groups is 1. The Hall–Kier alpha value is -1.86. The third kappa shape index (κ3) is 2.98. The highest BCUT2D eigenvalue weighted by molar-refractivity contribution is 5.83. The molecule has 3 rings (SSSR count). The molecule has 1 N–H and O–H groups in total. The van der Waals surface area contributed by atoms with E-state index in [1.807, 2.05) is 6.08 Å². The molecule has 1 fully saturated rings. The van der Waals surface area contributed by atoms with Crippen molar-refractivity contribution in [3.05, 3.63) is 72.8 Å². The standard InChI is InChI=1S/C22H26O/c1-4-22(15-23)12-11-20(16(2)3)21(14-22)19-10-9-17-7-5-6-8-18(17)13-19/h4-10,13,20-21,23H,1-2,11-12,14-15H2,3H3/t20-,21-,22-/m0/s1. The number of benzene rings is 2. The van der Waals surface area contributed by atoms with Crippen molar-refractivity contribution in [1.29, 1.82) is 0 Å². The zero-order chi connectivity index (χ0) is 16.4. The Balaban J connectivity index is 2.03. The number of fused-ring (bicyclic) bond motifs is 1. The van der Waals surface area contributed by atoms with Gasteiger partial charge in [-0.2, -0.15) is 0 Å². The molecule has 3 atom stereocenters. The first-order chi connectivity index (χ1) is 11.1. The molecule has 0 bridgehead atoms. The summed E-state index contributed by atoms with van der Waals surface area (Å²) in [5.74, 6) is 0.881. The first-order valence-electron chi connectivity index (χ1n) is 8.47. The summed E-state index contributed by atoms with van der Waals surface area (Å²) in [6, 6.07) is 15.3. The van der Waals surface area contributed by atoms with Gasteiger partial charge in [0.15, 0.2) is 0 Å². The molecule has 1 aliphatic carbocycles. The van der Waals surface area contributed by atoms with Crippen molar-refractivity contribution in [1.82, 2.24) is 0 Å². The van der Waals surface area contributed by atoms with Crippen LogP contribution in [0.15, 0.2) is 67.3 Å². The van der Waals surface area contributed by atoms with Gasteiger partial charge in [-0.05, 0) is 54.4 Å². The van der Waals surface area contributed by atoms with E-state index in [-0.39, 0.29) is 12.0 Å². The fraction of sp³-hybridized carbons (Fsp3) is 0.364. The fourth-order valence-electron chi connectivity index (χ4n) is 4.10. The van der Waals surface area contributed by atoms with Gasteiger partial charge in [-0.15, -0.1) is 6.58 Å². The Morgan fingerprint density at radius 3 is 2.65 bits per heavy atom. The van der Waals surface area contributed by atoms with Gasteiger partial charge in [-0.3, -0.25) is 0 Å². The number of aliphatic hydroxyl groups excluding tert-OH is 1. The SMILES string of the molecule is C=C[C@]1(CO)CC[C@@H](C(=C)C)[C@H](c2ccc3ccccc3c2)C1. The van der Waals surface area contributed by atoms with E-state index in [1.165, 1.54) is 21.9 Å². The number of hydrogen-bond acceptors (Lipinski definition) is 1. The molecule has 1 saturated carbocycles. The minimum atomic E-state index is -0.151. The van der Waals surface area contributed by atoms with Crippen LogP contribution < -0.4 is 0 Å². The third-order valence-electron chi connectivity index (χ3n) is 5.65. The molecule has 0 saturated heterocycles. The van der Waals surface area contributed by atoms with E-state index < -0.39 is 0 Å². The van der Waals surface area contributed by atoms with Gasteiger partial charge in [-0.1, -0.05) is 60.7 Å². The summed E-state index contributed by atoms with van der Waals surface area (Å²) in [4.78, 5) is 0. The molecule has 23 heavy (non-hydrogen) atoms. The second-order valence-electron chi connectivity index (χ2n) is 7.13. The summed E-state index contributed by atoms with van der Waals surface area (Å²) in [5, 5.41) is 12.5. The molecule has 0 unspecified atom stereocenters. The maximum atomic E-state index is 9.91. The first kappa shape index (κ1) is 16.0. The second kappa shape index (κ2) is 6.33. The molecule has 0 amide bonds. The van der Waals surface area contributed by atoms with E-state index in [0.29, 0.717) is 11.8 Å². The van der Waals surface area contributed by atoms with Gasteiger partial charge in [-0.25, -0.2) is 0 Å². The largest absolute Gasteiger partial charge is 0.395 e. The van der Waals surface area contributed by atoms with Gasteiger partial charge in [0, 0.05) is 5.41 Å². The van der Waals surface area contributed by atoms with E-state index in [2.05, 4.69) is 62.5 Å². The van der Waals surface area contributed by atoms with Crippen LogP contribution in [0.5, 0.6) is 0 Å². The highest BCUT2D eigenvalue weighted by Crippen LogP contribution is 2.49. The molecular formula is C22H26O. The highest BCUT2D eigenvalue weighted by atomic mass is 16.3. The Bertz CT molecular complexity index is 730. The molecule has 0 radical (unpaired) electrons. The quantitative estimate of drug-likeness (QED) is 0.743. The number of allylic oxidation sites excluding steroid dienone is 1. The molecule has 2 aromatic rings. The lowest BCUT2D eigenvalue weighted by Crippen LogP contribution is -2.34. The van der Waals surface area contributed by atoms with Crippen molar-refractivity contribution < 1.29 is 5.11 Å². The van der Waals surface area contributed by atoms with Crippen molar-refractivity contribution in [2.45, 2.75) is 32.1 Å². The predicted octanol–water partition coefficient (Wildman–Crippen LogP) is 5.46. The van der Waals surface area contributed by atoms with Crippen LogP contribution in [0.3, 0.4) is 0 Å². The molecular weight excluding hydrogens is 280 g/mol. The highest BCUT2D eigenvalue weighted by Gasteiger charge is 2.39. The van der Waals surface area contributed by atoms with Crippen molar-refractivity contribution in [3.8, 4) is 0 Å². The first-order valence-corrected chi connectivity index (χ1v) is 8.47. The van der Waals surface area contributed by atoms with E-state index in [0.717, 1.165) is 19.3 Å². The summed E-state index contributed by atoms with van der Waals surface area (Å²) in [6.45, 7) is 10.5. The van der Waals surface area contributed by atoms with Gasteiger partial charge in [0.05, 0.1) is 6.61 Å². The van der Waals surface area contributed by atoms with Crippen LogP contribution in [0.25, 0.3) is 10.8 Å². The van der Waals surface area contributed by atoms with E-state index in [1.54, 1.807) is 0 Å². The minimum absolute atomic E-state index is 0.151.